The van der Waals surface area contributed by atoms with E-state index in [1.807, 2.05) is 66.7 Å². The molecule has 0 aliphatic rings. The summed E-state index contributed by atoms with van der Waals surface area (Å²) in [5, 5.41) is 3.22. The van der Waals surface area contributed by atoms with Crippen LogP contribution in [0.2, 0.25) is 0 Å². The summed E-state index contributed by atoms with van der Waals surface area (Å²) in [6.07, 6.45) is 1.88. The molecule has 0 aromatic heterocycles. The first kappa shape index (κ1) is 17.9. The third-order valence-electron chi connectivity index (χ3n) is 3.43. The summed E-state index contributed by atoms with van der Waals surface area (Å²) in [6.45, 7) is 3.93. The standard InChI is InChI=1S/C20H21NO2S/c1-3-23-20(22)15(2)21-18(16-10-6-4-7-11-16)14-19(24)17-12-8-5-9-13-17/h4-15,21H,3H2,1-2H3/b18-14+/t15-/m0/s1. The highest BCUT2D eigenvalue weighted by Crippen LogP contribution is 2.15. The highest BCUT2D eigenvalue weighted by atomic mass is 32.1. The lowest BCUT2D eigenvalue weighted by atomic mass is 10.1. The molecular weight excluding hydrogens is 318 g/mol. The highest BCUT2D eigenvalue weighted by molar-refractivity contribution is 7.81. The fourth-order valence-electron chi connectivity index (χ4n) is 2.20. The van der Waals surface area contributed by atoms with E-state index in [-0.39, 0.29) is 5.97 Å². The van der Waals surface area contributed by atoms with Crippen molar-refractivity contribution in [2.24, 2.45) is 0 Å². The summed E-state index contributed by atoms with van der Waals surface area (Å²) in [6, 6.07) is 19.1. The van der Waals surface area contributed by atoms with Gasteiger partial charge in [-0.2, -0.15) is 0 Å². The maximum atomic E-state index is 11.9. The Hall–Kier alpha value is -2.46. The molecule has 0 aliphatic carbocycles. The van der Waals surface area contributed by atoms with E-state index in [9.17, 15) is 4.79 Å². The van der Waals surface area contributed by atoms with Gasteiger partial charge in [0.25, 0.3) is 0 Å². The summed E-state index contributed by atoms with van der Waals surface area (Å²) >= 11 is 5.53. The summed E-state index contributed by atoms with van der Waals surface area (Å²) in [4.78, 5) is 12.6. The summed E-state index contributed by atoms with van der Waals surface area (Å²) in [7, 11) is 0. The lowest BCUT2D eigenvalue weighted by molar-refractivity contribution is -0.144. The van der Waals surface area contributed by atoms with E-state index >= 15 is 0 Å². The van der Waals surface area contributed by atoms with E-state index in [4.69, 9.17) is 17.0 Å². The van der Waals surface area contributed by atoms with Crippen LogP contribution in [0.25, 0.3) is 5.70 Å². The van der Waals surface area contributed by atoms with E-state index in [2.05, 4.69) is 5.32 Å². The van der Waals surface area contributed by atoms with Gasteiger partial charge in [-0.05, 0) is 31.1 Å². The first-order chi connectivity index (χ1) is 11.6. The minimum atomic E-state index is -0.463. The zero-order valence-electron chi connectivity index (χ0n) is 13.9. The summed E-state index contributed by atoms with van der Waals surface area (Å²) < 4.78 is 5.07. The molecule has 124 valence electrons. The molecule has 2 aromatic rings. The number of hydrogen-bond acceptors (Lipinski definition) is 4. The Morgan fingerprint density at radius 3 is 2.17 bits per heavy atom. The second-order valence-corrected chi connectivity index (χ2v) is 5.71. The number of hydrogen-bond donors (Lipinski definition) is 1. The molecule has 0 saturated heterocycles. The molecule has 1 atom stereocenters. The van der Waals surface area contributed by atoms with Crippen molar-refractivity contribution >= 4 is 28.7 Å². The number of nitrogens with one attached hydrogen (secondary N) is 1. The minimum Gasteiger partial charge on any atom is -0.464 e. The Bertz CT molecular complexity index is 711. The molecule has 0 heterocycles. The molecular formula is C20H21NO2S. The highest BCUT2D eigenvalue weighted by Gasteiger charge is 2.16. The SMILES string of the molecule is CCOC(=O)[C@H](C)N/C(=C/C(=S)c1ccccc1)c1ccccc1. The van der Waals surface area contributed by atoms with E-state index in [1.54, 1.807) is 13.8 Å². The first-order valence-electron chi connectivity index (χ1n) is 7.91. The zero-order valence-corrected chi connectivity index (χ0v) is 14.7. The molecule has 0 aliphatic heterocycles. The summed E-state index contributed by atoms with van der Waals surface area (Å²) in [5.41, 5.74) is 2.73. The van der Waals surface area contributed by atoms with Crippen LogP contribution in [0.4, 0.5) is 0 Å². The second-order valence-electron chi connectivity index (χ2n) is 5.27. The van der Waals surface area contributed by atoms with E-state index < -0.39 is 6.04 Å². The molecule has 0 radical (unpaired) electrons. The Balaban J connectivity index is 2.28. The van der Waals surface area contributed by atoms with Gasteiger partial charge in [-0.3, -0.25) is 0 Å². The van der Waals surface area contributed by atoms with Crippen molar-refractivity contribution in [3.05, 3.63) is 77.9 Å². The third kappa shape index (κ3) is 5.03. The van der Waals surface area contributed by atoms with E-state index in [0.717, 1.165) is 16.8 Å². The van der Waals surface area contributed by atoms with Gasteiger partial charge in [0, 0.05) is 10.6 Å². The molecule has 0 unspecified atom stereocenters. The van der Waals surface area contributed by atoms with Gasteiger partial charge in [0.15, 0.2) is 0 Å². The van der Waals surface area contributed by atoms with Crippen LogP contribution >= 0.6 is 12.2 Å². The van der Waals surface area contributed by atoms with Crippen LogP contribution in [0, 0.1) is 0 Å². The predicted molar refractivity (Wildman–Crippen MR) is 102 cm³/mol. The van der Waals surface area contributed by atoms with Crippen LogP contribution in [-0.4, -0.2) is 23.5 Å². The molecule has 24 heavy (non-hydrogen) atoms. The van der Waals surface area contributed by atoms with Crippen LogP contribution in [0.3, 0.4) is 0 Å². The first-order valence-corrected chi connectivity index (χ1v) is 8.32. The molecule has 3 nitrogen and oxygen atoms in total. The minimum absolute atomic E-state index is 0.287. The van der Waals surface area contributed by atoms with Crippen LogP contribution in [0.15, 0.2) is 66.7 Å². The molecule has 1 N–H and O–H groups in total. The molecule has 2 aromatic carbocycles. The van der Waals surface area contributed by atoms with Gasteiger partial charge < -0.3 is 10.1 Å². The van der Waals surface area contributed by atoms with Gasteiger partial charge in [0.2, 0.25) is 0 Å². The molecule has 2 rings (SSSR count). The third-order valence-corrected chi connectivity index (χ3v) is 3.78. The number of esters is 1. The quantitative estimate of drug-likeness (QED) is 0.358. The lowest BCUT2D eigenvalue weighted by Crippen LogP contribution is -2.34. The number of allylic oxidation sites excluding steroid dienone is 1. The van der Waals surface area contributed by atoms with Gasteiger partial charge in [0.05, 0.1) is 6.61 Å². The van der Waals surface area contributed by atoms with Gasteiger partial charge in [-0.15, -0.1) is 0 Å². The molecule has 4 heteroatoms. The number of thiocarbonyl (C=S) groups is 1. The predicted octanol–water partition coefficient (Wildman–Crippen LogP) is 3.99. The molecule has 0 saturated carbocycles. The summed E-state index contributed by atoms with van der Waals surface area (Å²) in [5.74, 6) is -0.287. The number of rotatable bonds is 7. The smallest absolute Gasteiger partial charge is 0.328 e. The molecule has 0 spiro atoms. The second kappa shape index (κ2) is 8.99. The Morgan fingerprint density at radius 1 is 1.08 bits per heavy atom. The number of ether oxygens (including phenoxy) is 1. The maximum absolute atomic E-state index is 11.9. The van der Waals surface area contributed by atoms with Crippen molar-refractivity contribution in [2.45, 2.75) is 19.9 Å². The average molecular weight is 339 g/mol. The van der Waals surface area contributed by atoms with Crippen molar-refractivity contribution < 1.29 is 9.53 Å². The topological polar surface area (TPSA) is 38.3 Å². The van der Waals surface area contributed by atoms with Crippen molar-refractivity contribution in [3.8, 4) is 0 Å². The Kier molecular flexibility index (Phi) is 6.70. The fourth-order valence-corrected chi connectivity index (χ4v) is 2.46. The zero-order chi connectivity index (χ0) is 17.4. The van der Waals surface area contributed by atoms with Gasteiger partial charge >= 0.3 is 5.97 Å². The van der Waals surface area contributed by atoms with E-state index in [0.29, 0.717) is 11.5 Å². The van der Waals surface area contributed by atoms with Gasteiger partial charge in [-0.1, -0.05) is 72.9 Å². The molecule has 0 amide bonds. The average Bonchev–Trinajstić information content (AvgIpc) is 2.62. The van der Waals surface area contributed by atoms with Crippen LogP contribution in [-0.2, 0) is 9.53 Å². The molecule has 0 bridgehead atoms. The largest absolute Gasteiger partial charge is 0.464 e. The number of carbonyl (C=O) groups excluding carboxylic acids is 1. The Labute approximate surface area is 148 Å². The maximum Gasteiger partial charge on any atom is 0.328 e. The van der Waals surface area contributed by atoms with Crippen molar-refractivity contribution in [3.63, 3.8) is 0 Å². The van der Waals surface area contributed by atoms with Crippen molar-refractivity contribution in [2.75, 3.05) is 6.61 Å². The van der Waals surface area contributed by atoms with Crippen molar-refractivity contribution in [1.29, 1.82) is 0 Å². The van der Waals surface area contributed by atoms with Gasteiger partial charge in [0.1, 0.15) is 6.04 Å². The van der Waals surface area contributed by atoms with Crippen LogP contribution in [0.1, 0.15) is 25.0 Å². The number of carbonyl (C=O) groups is 1. The van der Waals surface area contributed by atoms with E-state index in [1.165, 1.54) is 0 Å². The van der Waals surface area contributed by atoms with Crippen LogP contribution in [0.5, 0.6) is 0 Å². The number of benzene rings is 2. The van der Waals surface area contributed by atoms with Gasteiger partial charge in [-0.25, -0.2) is 4.79 Å². The van der Waals surface area contributed by atoms with Crippen molar-refractivity contribution in [1.82, 2.24) is 5.32 Å². The lowest BCUT2D eigenvalue weighted by Gasteiger charge is -2.17. The molecule has 0 fully saturated rings. The fraction of sp³-hybridized carbons (Fsp3) is 0.200. The monoisotopic (exact) mass is 339 g/mol. The normalized spacial score (nSPS) is 12.3. The Morgan fingerprint density at radius 2 is 1.62 bits per heavy atom. The van der Waals surface area contributed by atoms with Crippen LogP contribution < -0.4 is 5.32 Å².